The molecule has 1 rings (SSSR count). The normalized spacial score (nSPS) is 12.6. The van der Waals surface area contributed by atoms with Crippen molar-refractivity contribution in [3.8, 4) is 0 Å². The van der Waals surface area contributed by atoms with Crippen molar-refractivity contribution >= 4 is 17.4 Å². The molecular weight excluding hydrogens is 254 g/mol. The Morgan fingerprint density at radius 1 is 1.33 bits per heavy atom. The minimum atomic E-state index is -0.519. The molecule has 0 bridgehead atoms. The fraction of sp³-hybridized carbons (Fsp3) is 0.538. The number of hydrogen-bond acceptors (Lipinski definition) is 3. The molecule has 0 saturated heterocycles. The fourth-order valence-electron chi connectivity index (χ4n) is 1.81. The van der Waals surface area contributed by atoms with Crippen LogP contribution in [0.4, 0.5) is 14.5 Å². The van der Waals surface area contributed by atoms with E-state index in [4.69, 9.17) is 5.73 Å². The van der Waals surface area contributed by atoms with Crippen molar-refractivity contribution in [3.63, 3.8) is 0 Å². The minimum Gasteiger partial charge on any atom is -0.369 e. The number of nitrogens with two attached hydrogens (primary N) is 1. The van der Waals surface area contributed by atoms with E-state index >= 15 is 0 Å². The SMILES string of the molecule is CSCCN(C)c1c(F)cc(CC(C)N)cc1F. The quantitative estimate of drug-likeness (QED) is 0.864. The number of thioether (sulfide) groups is 1. The molecule has 0 fully saturated rings. The van der Waals surface area contributed by atoms with E-state index in [0.717, 1.165) is 5.75 Å². The molecule has 0 heterocycles. The molecular formula is C13H20F2N2S. The molecule has 0 aliphatic heterocycles. The zero-order chi connectivity index (χ0) is 13.7. The van der Waals surface area contributed by atoms with Crippen molar-refractivity contribution in [2.75, 3.05) is 30.5 Å². The van der Waals surface area contributed by atoms with Crippen molar-refractivity contribution in [1.29, 1.82) is 0 Å². The van der Waals surface area contributed by atoms with E-state index in [1.807, 2.05) is 13.2 Å². The van der Waals surface area contributed by atoms with Crippen LogP contribution in [-0.2, 0) is 6.42 Å². The molecule has 18 heavy (non-hydrogen) atoms. The summed E-state index contributed by atoms with van der Waals surface area (Å²) in [5.74, 6) is -0.208. The van der Waals surface area contributed by atoms with Gasteiger partial charge in [-0.1, -0.05) is 0 Å². The Balaban J connectivity index is 2.93. The molecule has 1 aromatic rings. The van der Waals surface area contributed by atoms with Crippen LogP contribution in [0.3, 0.4) is 0 Å². The van der Waals surface area contributed by atoms with Crippen molar-refractivity contribution in [2.45, 2.75) is 19.4 Å². The molecule has 1 atom stereocenters. The van der Waals surface area contributed by atoms with Gasteiger partial charge in [0.25, 0.3) is 0 Å². The molecule has 5 heteroatoms. The van der Waals surface area contributed by atoms with Crippen LogP contribution in [-0.4, -0.2) is 31.6 Å². The highest BCUT2D eigenvalue weighted by molar-refractivity contribution is 7.98. The molecule has 1 unspecified atom stereocenters. The molecule has 1 aromatic carbocycles. The topological polar surface area (TPSA) is 29.3 Å². The summed E-state index contributed by atoms with van der Waals surface area (Å²) in [4.78, 5) is 1.61. The van der Waals surface area contributed by atoms with Crippen LogP contribution < -0.4 is 10.6 Å². The lowest BCUT2D eigenvalue weighted by molar-refractivity contribution is 0.573. The Bertz CT molecular complexity index is 374. The second kappa shape index (κ2) is 6.95. The van der Waals surface area contributed by atoms with Crippen LogP contribution in [0.5, 0.6) is 0 Å². The summed E-state index contributed by atoms with van der Waals surface area (Å²) in [6, 6.07) is 2.64. The van der Waals surface area contributed by atoms with Crippen LogP contribution in [0.25, 0.3) is 0 Å². The van der Waals surface area contributed by atoms with Gasteiger partial charge in [0.1, 0.15) is 17.3 Å². The second-order valence-corrected chi connectivity index (χ2v) is 5.49. The van der Waals surface area contributed by atoms with Crippen LogP contribution >= 0.6 is 11.8 Å². The predicted molar refractivity (Wildman–Crippen MR) is 75.4 cm³/mol. The number of hydrogen-bond donors (Lipinski definition) is 1. The molecule has 0 aromatic heterocycles. The molecule has 2 nitrogen and oxygen atoms in total. The Morgan fingerprint density at radius 3 is 2.33 bits per heavy atom. The zero-order valence-corrected chi connectivity index (χ0v) is 11.9. The van der Waals surface area contributed by atoms with Crippen molar-refractivity contribution in [2.24, 2.45) is 5.73 Å². The maximum absolute atomic E-state index is 13.9. The first kappa shape index (κ1) is 15.2. The Hall–Kier alpha value is -0.810. The Morgan fingerprint density at radius 2 is 1.89 bits per heavy atom. The average Bonchev–Trinajstić information content (AvgIpc) is 2.24. The third-order valence-corrected chi connectivity index (χ3v) is 3.24. The molecule has 0 aliphatic carbocycles. The van der Waals surface area contributed by atoms with E-state index < -0.39 is 11.6 Å². The van der Waals surface area contributed by atoms with Gasteiger partial charge < -0.3 is 10.6 Å². The number of rotatable bonds is 6. The third-order valence-electron chi connectivity index (χ3n) is 2.65. The van der Waals surface area contributed by atoms with Gasteiger partial charge in [0.05, 0.1) is 0 Å². The molecule has 102 valence electrons. The van der Waals surface area contributed by atoms with Crippen LogP contribution in [0.15, 0.2) is 12.1 Å². The van der Waals surface area contributed by atoms with Crippen LogP contribution in [0.1, 0.15) is 12.5 Å². The summed E-state index contributed by atoms with van der Waals surface area (Å²) in [6.45, 7) is 2.43. The van der Waals surface area contributed by atoms with Crippen LogP contribution in [0.2, 0.25) is 0 Å². The minimum absolute atomic E-state index is 0.0393. The maximum atomic E-state index is 13.9. The van der Waals surface area contributed by atoms with Gasteiger partial charge in [-0.05, 0) is 37.3 Å². The fourth-order valence-corrected chi connectivity index (χ4v) is 2.27. The lowest BCUT2D eigenvalue weighted by atomic mass is 10.1. The zero-order valence-electron chi connectivity index (χ0n) is 11.0. The molecule has 0 saturated carbocycles. The summed E-state index contributed by atoms with van der Waals surface area (Å²) in [5, 5.41) is 0. The monoisotopic (exact) mass is 274 g/mol. The van der Waals surface area contributed by atoms with Gasteiger partial charge in [-0.15, -0.1) is 0 Å². The number of benzene rings is 1. The number of anilines is 1. The predicted octanol–water partition coefficient (Wildman–Crippen LogP) is 2.65. The van der Waals surface area contributed by atoms with E-state index in [-0.39, 0.29) is 11.7 Å². The summed E-state index contributed by atoms with van der Waals surface area (Å²) in [7, 11) is 1.70. The van der Waals surface area contributed by atoms with Gasteiger partial charge in [0.15, 0.2) is 0 Å². The first-order valence-electron chi connectivity index (χ1n) is 5.89. The van der Waals surface area contributed by atoms with Gasteiger partial charge in [0.2, 0.25) is 0 Å². The number of nitrogens with zero attached hydrogens (tertiary/aromatic N) is 1. The van der Waals surface area contributed by atoms with E-state index in [0.29, 0.717) is 18.5 Å². The van der Waals surface area contributed by atoms with E-state index in [1.54, 1.807) is 23.7 Å². The van der Waals surface area contributed by atoms with Gasteiger partial charge in [-0.2, -0.15) is 11.8 Å². The highest BCUT2D eigenvalue weighted by atomic mass is 32.2. The van der Waals surface area contributed by atoms with Gasteiger partial charge >= 0.3 is 0 Å². The Labute approximate surface area is 112 Å². The first-order chi connectivity index (χ1) is 8.45. The van der Waals surface area contributed by atoms with Gasteiger partial charge in [-0.3, -0.25) is 0 Å². The maximum Gasteiger partial charge on any atom is 0.149 e. The van der Waals surface area contributed by atoms with E-state index in [9.17, 15) is 8.78 Å². The molecule has 0 radical (unpaired) electrons. The second-order valence-electron chi connectivity index (χ2n) is 4.50. The first-order valence-corrected chi connectivity index (χ1v) is 7.28. The van der Waals surface area contributed by atoms with Gasteiger partial charge in [-0.25, -0.2) is 8.78 Å². The molecule has 2 N–H and O–H groups in total. The summed E-state index contributed by atoms with van der Waals surface area (Å²) >= 11 is 1.64. The van der Waals surface area contributed by atoms with Crippen molar-refractivity contribution in [1.82, 2.24) is 0 Å². The summed E-state index contributed by atoms with van der Waals surface area (Å²) in [5.41, 5.74) is 6.27. The van der Waals surface area contributed by atoms with Crippen molar-refractivity contribution < 1.29 is 8.78 Å². The number of halogens is 2. The molecule has 0 amide bonds. The largest absolute Gasteiger partial charge is 0.369 e. The molecule has 0 aliphatic rings. The average molecular weight is 274 g/mol. The highest BCUT2D eigenvalue weighted by Crippen LogP contribution is 2.24. The van der Waals surface area contributed by atoms with Gasteiger partial charge in [0, 0.05) is 25.4 Å². The highest BCUT2D eigenvalue weighted by Gasteiger charge is 2.15. The smallest absolute Gasteiger partial charge is 0.149 e. The Kier molecular flexibility index (Phi) is 5.88. The lowest BCUT2D eigenvalue weighted by Crippen LogP contribution is -2.23. The third kappa shape index (κ3) is 4.14. The van der Waals surface area contributed by atoms with E-state index in [2.05, 4.69) is 0 Å². The summed E-state index contributed by atoms with van der Waals surface area (Å²) < 4.78 is 27.8. The standard InChI is InChI=1S/C13H20F2N2S/c1-9(16)6-10-7-11(14)13(12(15)8-10)17(2)4-5-18-3/h7-9H,4-6,16H2,1-3H3. The summed E-state index contributed by atoms with van der Waals surface area (Å²) in [6.07, 6.45) is 2.44. The molecule has 0 spiro atoms. The van der Waals surface area contributed by atoms with E-state index in [1.165, 1.54) is 12.1 Å². The lowest BCUT2D eigenvalue weighted by Gasteiger charge is -2.21. The van der Waals surface area contributed by atoms with Crippen molar-refractivity contribution in [3.05, 3.63) is 29.3 Å². The van der Waals surface area contributed by atoms with Crippen LogP contribution in [0, 0.1) is 11.6 Å².